The van der Waals surface area contributed by atoms with Crippen LogP contribution in [0.1, 0.15) is 46.5 Å². The first-order valence-corrected chi connectivity index (χ1v) is 5.18. The molecule has 0 aromatic rings. The van der Waals surface area contributed by atoms with Gasteiger partial charge in [0.25, 0.3) is 0 Å². The molecular weight excluding hydrogens is 172 g/mol. The molecule has 0 fully saturated rings. The van der Waals surface area contributed by atoms with Crippen LogP contribution in [0.4, 0.5) is 0 Å². The first-order chi connectivity index (χ1) is 6.54. The standard InChI is InChI=1S/C13H20O/c1-5-7-8-9-10-12(14)13(3,4)11-6-2/h6H,2,5,7-8,11H2,1,3-4H3. The molecule has 0 amide bonds. The lowest BCUT2D eigenvalue weighted by Gasteiger charge is -2.16. The number of rotatable bonds is 5. The zero-order valence-corrected chi connectivity index (χ0v) is 9.52. The summed E-state index contributed by atoms with van der Waals surface area (Å²) in [5.74, 6) is 5.64. The van der Waals surface area contributed by atoms with Gasteiger partial charge in [0.15, 0.2) is 0 Å². The highest BCUT2D eigenvalue weighted by Crippen LogP contribution is 2.21. The predicted molar refractivity (Wildman–Crippen MR) is 60.9 cm³/mol. The van der Waals surface area contributed by atoms with Crippen LogP contribution in [0.25, 0.3) is 0 Å². The van der Waals surface area contributed by atoms with Crippen molar-refractivity contribution >= 4 is 5.78 Å². The van der Waals surface area contributed by atoms with E-state index in [1.807, 2.05) is 13.8 Å². The number of allylic oxidation sites excluding steroid dienone is 1. The second kappa shape index (κ2) is 6.43. The molecule has 0 spiro atoms. The van der Waals surface area contributed by atoms with E-state index in [-0.39, 0.29) is 11.2 Å². The van der Waals surface area contributed by atoms with Crippen molar-refractivity contribution in [2.75, 3.05) is 0 Å². The van der Waals surface area contributed by atoms with Crippen molar-refractivity contribution < 1.29 is 4.79 Å². The van der Waals surface area contributed by atoms with Gasteiger partial charge in [-0.15, -0.1) is 6.58 Å². The van der Waals surface area contributed by atoms with E-state index in [1.54, 1.807) is 6.08 Å². The average molecular weight is 192 g/mol. The molecule has 0 atom stereocenters. The highest BCUT2D eigenvalue weighted by atomic mass is 16.1. The maximum absolute atomic E-state index is 11.6. The minimum Gasteiger partial charge on any atom is -0.284 e. The number of Topliss-reactive ketones (excluding diaryl/α,β-unsaturated/α-hetero) is 1. The van der Waals surface area contributed by atoms with Gasteiger partial charge in [-0.25, -0.2) is 0 Å². The molecule has 1 heteroatoms. The molecule has 0 radical (unpaired) electrons. The van der Waals surface area contributed by atoms with Crippen LogP contribution >= 0.6 is 0 Å². The molecule has 0 aliphatic heterocycles. The maximum atomic E-state index is 11.6. The zero-order chi connectivity index (χ0) is 11.0. The Morgan fingerprint density at radius 3 is 2.64 bits per heavy atom. The topological polar surface area (TPSA) is 17.1 Å². The van der Waals surface area contributed by atoms with Crippen LogP contribution in [0.5, 0.6) is 0 Å². The molecule has 78 valence electrons. The number of carbonyl (C=O) groups excluding carboxylic acids is 1. The third-order valence-electron chi connectivity index (χ3n) is 2.13. The molecular formula is C13H20O. The fourth-order valence-corrected chi connectivity index (χ4v) is 1.03. The lowest BCUT2D eigenvalue weighted by atomic mass is 9.85. The van der Waals surface area contributed by atoms with Crippen LogP contribution in [0, 0.1) is 17.3 Å². The second-order valence-corrected chi connectivity index (χ2v) is 4.11. The smallest absolute Gasteiger partial charge is 0.211 e. The van der Waals surface area contributed by atoms with Gasteiger partial charge in [0.2, 0.25) is 5.78 Å². The van der Waals surface area contributed by atoms with E-state index >= 15 is 0 Å². The lowest BCUT2D eigenvalue weighted by molar-refractivity contribution is -0.121. The minimum atomic E-state index is -0.374. The van der Waals surface area contributed by atoms with Crippen molar-refractivity contribution in [2.24, 2.45) is 5.41 Å². The normalized spacial score (nSPS) is 10.2. The first kappa shape index (κ1) is 13.0. The van der Waals surface area contributed by atoms with Crippen molar-refractivity contribution in [1.29, 1.82) is 0 Å². The molecule has 0 aromatic heterocycles. The second-order valence-electron chi connectivity index (χ2n) is 4.11. The van der Waals surface area contributed by atoms with E-state index in [4.69, 9.17) is 0 Å². The van der Waals surface area contributed by atoms with Crippen LogP contribution in [0.15, 0.2) is 12.7 Å². The summed E-state index contributed by atoms with van der Waals surface area (Å²) in [5, 5.41) is 0. The summed E-state index contributed by atoms with van der Waals surface area (Å²) in [4.78, 5) is 11.6. The van der Waals surface area contributed by atoms with Gasteiger partial charge in [-0.1, -0.05) is 39.2 Å². The van der Waals surface area contributed by atoms with Crippen molar-refractivity contribution in [1.82, 2.24) is 0 Å². The SMILES string of the molecule is C=CCC(C)(C)C(=O)C#CCCCC. The van der Waals surface area contributed by atoms with Crippen LogP contribution in [-0.2, 0) is 4.79 Å². The highest BCUT2D eigenvalue weighted by molar-refractivity contribution is 5.99. The predicted octanol–water partition coefficient (Wildman–Crippen LogP) is 3.35. The molecule has 0 bridgehead atoms. The summed E-state index contributed by atoms with van der Waals surface area (Å²) >= 11 is 0. The summed E-state index contributed by atoms with van der Waals surface area (Å²) < 4.78 is 0. The quantitative estimate of drug-likeness (QED) is 0.282. The molecule has 0 saturated carbocycles. The molecule has 0 heterocycles. The number of carbonyl (C=O) groups is 1. The fraction of sp³-hybridized carbons (Fsp3) is 0.615. The van der Waals surface area contributed by atoms with Gasteiger partial charge in [0.1, 0.15) is 0 Å². The van der Waals surface area contributed by atoms with Crippen molar-refractivity contribution in [3.05, 3.63) is 12.7 Å². The minimum absolute atomic E-state index is 0.0218. The highest BCUT2D eigenvalue weighted by Gasteiger charge is 2.23. The Morgan fingerprint density at radius 1 is 1.50 bits per heavy atom. The Morgan fingerprint density at radius 2 is 2.14 bits per heavy atom. The average Bonchev–Trinajstić information content (AvgIpc) is 2.12. The number of hydrogen-bond acceptors (Lipinski definition) is 1. The molecule has 0 saturated heterocycles. The molecule has 0 unspecified atom stereocenters. The Bertz CT molecular complexity index is 250. The molecule has 14 heavy (non-hydrogen) atoms. The number of unbranched alkanes of at least 4 members (excludes halogenated alkanes) is 2. The van der Waals surface area contributed by atoms with Gasteiger partial charge in [-0.2, -0.15) is 0 Å². The van der Waals surface area contributed by atoms with Crippen LogP contribution < -0.4 is 0 Å². The van der Waals surface area contributed by atoms with E-state index < -0.39 is 0 Å². The van der Waals surface area contributed by atoms with Gasteiger partial charge in [0, 0.05) is 11.8 Å². The van der Waals surface area contributed by atoms with Gasteiger partial charge in [-0.3, -0.25) is 4.79 Å². The Labute approximate surface area is 87.6 Å². The van der Waals surface area contributed by atoms with Crippen molar-refractivity contribution in [2.45, 2.75) is 46.5 Å². The van der Waals surface area contributed by atoms with Crippen LogP contribution in [0.2, 0.25) is 0 Å². The lowest BCUT2D eigenvalue weighted by Crippen LogP contribution is -2.21. The third-order valence-corrected chi connectivity index (χ3v) is 2.13. The van der Waals surface area contributed by atoms with Gasteiger partial charge in [0.05, 0.1) is 0 Å². The van der Waals surface area contributed by atoms with Crippen LogP contribution in [-0.4, -0.2) is 5.78 Å². The zero-order valence-electron chi connectivity index (χ0n) is 9.52. The fourth-order valence-electron chi connectivity index (χ4n) is 1.03. The van der Waals surface area contributed by atoms with E-state index in [1.165, 1.54) is 0 Å². The van der Waals surface area contributed by atoms with E-state index in [2.05, 4.69) is 25.3 Å². The summed E-state index contributed by atoms with van der Waals surface area (Å²) in [6, 6.07) is 0. The van der Waals surface area contributed by atoms with E-state index in [9.17, 15) is 4.79 Å². The molecule has 0 aromatic carbocycles. The van der Waals surface area contributed by atoms with Crippen LogP contribution in [0.3, 0.4) is 0 Å². The first-order valence-electron chi connectivity index (χ1n) is 5.18. The van der Waals surface area contributed by atoms with E-state index in [0.717, 1.165) is 19.3 Å². The number of hydrogen-bond donors (Lipinski definition) is 0. The summed E-state index contributed by atoms with van der Waals surface area (Å²) in [5.41, 5.74) is -0.374. The van der Waals surface area contributed by atoms with Gasteiger partial charge < -0.3 is 0 Å². The molecule has 0 aliphatic rings. The van der Waals surface area contributed by atoms with Crippen molar-refractivity contribution in [3.8, 4) is 11.8 Å². The van der Waals surface area contributed by atoms with Gasteiger partial charge in [-0.05, 0) is 18.8 Å². The number of ketones is 1. The summed E-state index contributed by atoms with van der Waals surface area (Å²) in [6.45, 7) is 9.57. The molecule has 0 rings (SSSR count). The maximum Gasteiger partial charge on any atom is 0.211 e. The third kappa shape index (κ3) is 4.87. The van der Waals surface area contributed by atoms with Gasteiger partial charge >= 0.3 is 0 Å². The molecule has 0 N–H and O–H groups in total. The summed E-state index contributed by atoms with van der Waals surface area (Å²) in [6.07, 6.45) is 5.48. The Kier molecular flexibility index (Phi) is 5.95. The summed E-state index contributed by atoms with van der Waals surface area (Å²) in [7, 11) is 0. The van der Waals surface area contributed by atoms with Crippen molar-refractivity contribution in [3.63, 3.8) is 0 Å². The largest absolute Gasteiger partial charge is 0.284 e. The van der Waals surface area contributed by atoms with E-state index in [0.29, 0.717) is 6.42 Å². The Balaban J connectivity index is 4.16. The Hall–Kier alpha value is -1.03. The molecule has 0 aliphatic carbocycles. The molecule has 1 nitrogen and oxygen atoms in total. The monoisotopic (exact) mass is 192 g/mol.